The maximum Gasteiger partial charge on any atom is 0.209 e. The molecule has 1 saturated heterocycles. The van der Waals surface area contributed by atoms with Gasteiger partial charge in [-0.1, -0.05) is 31.2 Å². The van der Waals surface area contributed by atoms with Crippen LogP contribution in [0.2, 0.25) is 0 Å². The Labute approximate surface area is 131 Å². The Morgan fingerprint density at radius 3 is 2.73 bits per heavy atom. The Morgan fingerprint density at radius 2 is 2.05 bits per heavy atom. The van der Waals surface area contributed by atoms with E-state index in [9.17, 15) is 4.79 Å². The van der Waals surface area contributed by atoms with Crippen molar-refractivity contribution in [3.63, 3.8) is 0 Å². The highest BCUT2D eigenvalue weighted by atomic mass is 16.5. The molecule has 0 bridgehead atoms. The van der Waals surface area contributed by atoms with Crippen LogP contribution in [0.5, 0.6) is 0 Å². The number of rotatable bonds is 4. The van der Waals surface area contributed by atoms with Gasteiger partial charge in [-0.15, -0.1) is 0 Å². The Morgan fingerprint density at radius 1 is 1.27 bits per heavy atom. The molecule has 0 aliphatic carbocycles. The largest absolute Gasteiger partial charge is 0.467 e. The maximum absolute atomic E-state index is 12.9. The van der Waals surface area contributed by atoms with Crippen LogP contribution in [0.15, 0.2) is 30.1 Å². The van der Waals surface area contributed by atoms with Gasteiger partial charge in [0.05, 0.1) is 5.57 Å². The first-order valence-electron chi connectivity index (χ1n) is 8.04. The van der Waals surface area contributed by atoms with E-state index in [-0.39, 0.29) is 17.8 Å². The van der Waals surface area contributed by atoms with Crippen molar-refractivity contribution in [3.8, 4) is 0 Å². The molecule has 2 aliphatic heterocycles. The predicted octanol–water partition coefficient (Wildman–Crippen LogP) is 2.53. The monoisotopic (exact) mass is 301 g/mol. The van der Waals surface area contributed by atoms with Gasteiger partial charge in [0.25, 0.3) is 0 Å². The van der Waals surface area contributed by atoms with Crippen molar-refractivity contribution in [2.45, 2.75) is 32.3 Å². The predicted molar refractivity (Wildman–Crippen MR) is 85.2 cm³/mol. The molecular formula is C18H23NO3. The number of ketones is 1. The van der Waals surface area contributed by atoms with Crippen LogP contribution in [-0.2, 0) is 20.7 Å². The number of aryl methyl sites for hydroxylation is 1. The third kappa shape index (κ3) is 2.75. The van der Waals surface area contributed by atoms with E-state index in [2.05, 4.69) is 24.4 Å². The Kier molecular flexibility index (Phi) is 4.48. The molecule has 1 N–H and O–H groups in total. The van der Waals surface area contributed by atoms with Crippen molar-refractivity contribution < 1.29 is 14.3 Å². The van der Waals surface area contributed by atoms with Crippen LogP contribution in [0, 0.1) is 5.92 Å². The molecular weight excluding hydrogens is 278 g/mol. The number of carbonyl (C=O) groups excluding carboxylic acids is 1. The fourth-order valence-corrected chi connectivity index (χ4v) is 3.23. The Bertz CT molecular complexity index is 588. The first-order valence-corrected chi connectivity index (χ1v) is 8.04. The number of hydrogen-bond donors (Lipinski definition) is 1. The Balaban J connectivity index is 1.89. The summed E-state index contributed by atoms with van der Waals surface area (Å²) in [6.45, 7) is 3.55. The van der Waals surface area contributed by atoms with Crippen LogP contribution in [-0.4, -0.2) is 32.1 Å². The van der Waals surface area contributed by atoms with E-state index in [0.717, 1.165) is 24.8 Å². The van der Waals surface area contributed by atoms with E-state index in [1.165, 1.54) is 5.56 Å². The molecule has 4 nitrogen and oxygen atoms in total. The normalized spacial score (nSPS) is 22.8. The summed E-state index contributed by atoms with van der Waals surface area (Å²) >= 11 is 0. The third-order valence-corrected chi connectivity index (χ3v) is 4.52. The first kappa shape index (κ1) is 15.1. The summed E-state index contributed by atoms with van der Waals surface area (Å²) in [5.41, 5.74) is 2.86. The van der Waals surface area contributed by atoms with Gasteiger partial charge in [0, 0.05) is 26.2 Å². The zero-order valence-corrected chi connectivity index (χ0v) is 13.2. The van der Waals surface area contributed by atoms with Crippen LogP contribution < -0.4 is 5.32 Å². The summed E-state index contributed by atoms with van der Waals surface area (Å²) in [6.07, 6.45) is 2.35. The molecule has 1 atom stereocenters. The average molecular weight is 301 g/mol. The van der Waals surface area contributed by atoms with Gasteiger partial charge in [-0.05, 0) is 30.4 Å². The highest BCUT2D eigenvalue weighted by Crippen LogP contribution is 2.35. The number of hydrogen-bond acceptors (Lipinski definition) is 4. The zero-order valence-electron chi connectivity index (χ0n) is 13.2. The number of ether oxygens (including phenoxy) is 2. The summed E-state index contributed by atoms with van der Waals surface area (Å²) in [7, 11) is 1.80. The average Bonchev–Trinajstić information content (AvgIpc) is 2.92. The molecule has 0 saturated carbocycles. The molecule has 2 aliphatic rings. The van der Waals surface area contributed by atoms with E-state index in [1.54, 1.807) is 7.05 Å². The third-order valence-electron chi connectivity index (χ3n) is 4.52. The molecule has 0 spiro atoms. The molecule has 0 amide bonds. The molecule has 0 radical (unpaired) electrons. The van der Waals surface area contributed by atoms with Crippen molar-refractivity contribution in [1.29, 1.82) is 0 Å². The van der Waals surface area contributed by atoms with Crippen molar-refractivity contribution in [2.75, 3.05) is 20.3 Å². The quantitative estimate of drug-likeness (QED) is 0.928. The van der Waals surface area contributed by atoms with Crippen molar-refractivity contribution in [3.05, 3.63) is 41.3 Å². The molecule has 4 heteroatoms. The van der Waals surface area contributed by atoms with Crippen LogP contribution in [0.1, 0.15) is 30.9 Å². The second-order valence-corrected chi connectivity index (χ2v) is 5.86. The van der Waals surface area contributed by atoms with E-state index in [1.807, 2.05) is 12.1 Å². The fraction of sp³-hybridized carbons (Fsp3) is 0.500. The van der Waals surface area contributed by atoms with Crippen LogP contribution in [0.25, 0.3) is 5.57 Å². The van der Waals surface area contributed by atoms with Gasteiger partial charge in [-0.3, -0.25) is 4.79 Å². The SMILES string of the molecule is CCc1cccc(C2=C(NC)OC(C3CCOCC3)C2=O)c1. The lowest BCUT2D eigenvalue weighted by Crippen LogP contribution is -2.33. The summed E-state index contributed by atoms with van der Waals surface area (Å²) in [5.74, 6) is 0.954. The highest BCUT2D eigenvalue weighted by Gasteiger charge is 2.41. The number of benzene rings is 1. The minimum atomic E-state index is -0.369. The van der Waals surface area contributed by atoms with Gasteiger partial charge in [0.2, 0.25) is 5.78 Å². The molecule has 2 heterocycles. The van der Waals surface area contributed by atoms with Gasteiger partial charge < -0.3 is 14.8 Å². The molecule has 22 heavy (non-hydrogen) atoms. The minimum Gasteiger partial charge on any atom is -0.467 e. The molecule has 1 unspecified atom stereocenters. The smallest absolute Gasteiger partial charge is 0.209 e. The number of nitrogens with one attached hydrogen (secondary N) is 1. The lowest BCUT2D eigenvalue weighted by atomic mass is 9.88. The zero-order chi connectivity index (χ0) is 15.5. The summed E-state index contributed by atoms with van der Waals surface area (Å²) in [6, 6.07) is 8.16. The van der Waals surface area contributed by atoms with E-state index < -0.39 is 0 Å². The van der Waals surface area contributed by atoms with E-state index in [0.29, 0.717) is 24.7 Å². The Hall–Kier alpha value is -1.81. The van der Waals surface area contributed by atoms with E-state index >= 15 is 0 Å². The van der Waals surface area contributed by atoms with Crippen LogP contribution in [0.4, 0.5) is 0 Å². The molecule has 0 aromatic heterocycles. The fourth-order valence-electron chi connectivity index (χ4n) is 3.23. The van der Waals surface area contributed by atoms with Crippen LogP contribution in [0.3, 0.4) is 0 Å². The second-order valence-electron chi connectivity index (χ2n) is 5.86. The molecule has 1 aromatic carbocycles. The van der Waals surface area contributed by atoms with Gasteiger partial charge in [0.1, 0.15) is 0 Å². The number of carbonyl (C=O) groups is 1. The van der Waals surface area contributed by atoms with Crippen LogP contribution >= 0.6 is 0 Å². The topological polar surface area (TPSA) is 47.6 Å². The van der Waals surface area contributed by atoms with Gasteiger partial charge in [-0.2, -0.15) is 0 Å². The van der Waals surface area contributed by atoms with Gasteiger partial charge in [-0.25, -0.2) is 0 Å². The van der Waals surface area contributed by atoms with Gasteiger partial charge >= 0.3 is 0 Å². The minimum absolute atomic E-state index is 0.101. The molecule has 118 valence electrons. The highest BCUT2D eigenvalue weighted by molar-refractivity contribution is 6.25. The standard InChI is InChI=1S/C18H23NO3/c1-3-12-5-4-6-14(11-12)15-16(20)17(22-18(15)19-2)13-7-9-21-10-8-13/h4-6,11,13,17,19H,3,7-10H2,1-2H3. The van der Waals surface area contributed by atoms with Crippen molar-refractivity contribution in [2.24, 2.45) is 5.92 Å². The van der Waals surface area contributed by atoms with E-state index in [4.69, 9.17) is 9.47 Å². The molecule has 1 fully saturated rings. The number of Topliss-reactive ketones (excluding diaryl/α,β-unsaturated/α-hetero) is 1. The maximum atomic E-state index is 12.9. The lowest BCUT2D eigenvalue weighted by Gasteiger charge is -2.26. The summed E-state index contributed by atoms with van der Waals surface area (Å²) in [4.78, 5) is 12.9. The lowest BCUT2D eigenvalue weighted by molar-refractivity contribution is -0.124. The van der Waals surface area contributed by atoms with Gasteiger partial charge in [0.15, 0.2) is 12.0 Å². The summed E-state index contributed by atoms with van der Waals surface area (Å²) < 4.78 is 11.4. The first-order chi connectivity index (χ1) is 10.7. The second kappa shape index (κ2) is 6.53. The molecule has 3 rings (SSSR count). The summed E-state index contributed by atoms with van der Waals surface area (Å²) in [5, 5.41) is 3.05. The van der Waals surface area contributed by atoms with Crippen molar-refractivity contribution >= 4 is 11.4 Å². The molecule has 1 aromatic rings. The van der Waals surface area contributed by atoms with Crippen molar-refractivity contribution in [1.82, 2.24) is 5.32 Å².